The lowest BCUT2D eigenvalue weighted by Crippen LogP contribution is -2.34. The van der Waals surface area contributed by atoms with Gasteiger partial charge in [0.1, 0.15) is 5.75 Å². The molecule has 2 nitrogen and oxygen atoms in total. The highest BCUT2D eigenvalue weighted by Gasteiger charge is 2.21. The molecule has 0 spiro atoms. The molecule has 118 valence electrons. The highest BCUT2D eigenvalue weighted by Crippen LogP contribution is 2.28. The summed E-state index contributed by atoms with van der Waals surface area (Å²) in [5, 5.41) is 9.63. The van der Waals surface area contributed by atoms with Gasteiger partial charge in [0.15, 0.2) is 0 Å². The maximum Gasteiger partial charge on any atom is 0.120 e. The van der Waals surface area contributed by atoms with Crippen molar-refractivity contribution in [1.29, 1.82) is 0 Å². The maximum absolute atomic E-state index is 9.63. The molecule has 20 heavy (non-hydrogen) atoms. The van der Waals surface area contributed by atoms with Crippen LogP contribution in [0.3, 0.4) is 0 Å². The third kappa shape index (κ3) is 6.95. The molecule has 0 saturated heterocycles. The molecular formula is C18H35NO. The number of nitrogens with zero attached hydrogens (tertiary/aromatic N) is 1. The van der Waals surface area contributed by atoms with E-state index < -0.39 is 0 Å². The van der Waals surface area contributed by atoms with Crippen molar-refractivity contribution < 1.29 is 5.11 Å². The first kappa shape index (κ1) is 21.3. The van der Waals surface area contributed by atoms with Crippen LogP contribution in [0.2, 0.25) is 0 Å². The fourth-order valence-electron chi connectivity index (χ4n) is 1.87. The van der Waals surface area contributed by atoms with Crippen molar-refractivity contribution >= 4 is 0 Å². The SMILES string of the molecule is CC.CC.CC1Cc2cccc(O)c2CN1C.CCC. The quantitative estimate of drug-likeness (QED) is 0.703. The van der Waals surface area contributed by atoms with E-state index >= 15 is 0 Å². The Morgan fingerprint density at radius 2 is 1.65 bits per heavy atom. The van der Waals surface area contributed by atoms with Crippen molar-refractivity contribution in [3.8, 4) is 5.75 Å². The van der Waals surface area contributed by atoms with Crippen LogP contribution in [0.25, 0.3) is 0 Å². The molecular weight excluding hydrogens is 246 g/mol. The number of rotatable bonds is 0. The van der Waals surface area contributed by atoms with Crippen LogP contribution >= 0.6 is 0 Å². The predicted molar refractivity (Wildman–Crippen MR) is 91.4 cm³/mol. The zero-order chi connectivity index (χ0) is 16.1. The molecule has 2 rings (SSSR count). The molecule has 1 aliphatic heterocycles. The third-order valence-electron chi connectivity index (χ3n) is 2.92. The monoisotopic (exact) mass is 281 g/mol. The summed E-state index contributed by atoms with van der Waals surface area (Å²) in [4.78, 5) is 2.27. The Hall–Kier alpha value is -1.02. The number of benzene rings is 1. The minimum Gasteiger partial charge on any atom is -0.508 e. The normalized spacial score (nSPS) is 16.3. The molecule has 0 amide bonds. The van der Waals surface area contributed by atoms with Gasteiger partial charge in [0.25, 0.3) is 0 Å². The van der Waals surface area contributed by atoms with E-state index in [0.29, 0.717) is 11.8 Å². The van der Waals surface area contributed by atoms with Crippen LogP contribution in [0.5, 0.6) is 5.75 Å². The lowest BCUT2D eigenvalue weighted by Gasteiger charge is -2.31. The highest BCUT2D eigenvalue weighted by atomic mass is 16.3. The van der Waals surface area contributed by atoms with E-state index in [0.717, 1.165) is 18.5 Å². The summed E-state index contributed by atoms with van der Waals surface area (Å²) in [5.41, 5.74) is 2.40. The molecule has 0 saturated carbocycles. The van der Waals surface area contributed by atoms with E-state index in [1.54, 1.807) is 6.07 Å². The summed E-state index contributed by atoms with van der Waals surface area (Å²) in [6, 6.07) is 6.38. The predicted octanol–water partition coefficient (Wildman–Crippen LogP) is 5.24. The van der Waals surface area contributed by atoms with Gasteiger partial charge in [-0.15, -0.1) is 0 Å². The lowest BCUT2D eigenvalue weighted by molar-refractivity contribution is 0.227. The van der Waals surface area contributed by atoms with Gasteiger partial charge in [0, 0.05) is 18.2 Å². The largest absolute Gasteiger partial charge is 0.508 e. The Kier molecular flexibility index (Phi) is 13.8. The number of phenols is 1. The van der Waals surface area contributed by atoms with Gasteiger partial charge in [-0.1, -0.05) is 60.1 Å². The summed E-state index contributed by atoms with van der Waals surface area (Å²) >= 11 is 0. The van der Waals surface area contributed by atoms with Crippen molar-refractivity contribution in [2.45, 2.75) is 73.9 Å². The van der Waals surface area contributed by atoms with E-state index in [-0.39, 0.29) is 0 Å². The van der Waals surface area contributed by atoms with Gasteiger partial charge in [-0.2, -0.15) is 0 Å². The zero-order valence-electron chi connectivity index (χ0n) is 14.8. The van der Waals surface area contributed by atoms with Crippen molar-refractivity contribution in [3.63, 3.8) is 0 Å². The molecule has 2 heteroatoms. The topological polar surface area (TPSA) is 23.5 Å². The number of phenolic OH excluding ortho intramolecular Hbond substituents is 1. The molecule has 1 unspecified atom stereocenters. The molecule has 0 fully saturated rings. The Morgan fingerprint density at radius 1 is 1.15 bits per heavy atom. The first-order chi connectivity index (χ1) is 9.60. The highest BCUT2D eigenvalue weighted by molar-refractivity contribution is 5.40. The number of likely N-dealkylation sites (N-methyl/N-ethyl adjacent to an activating group) is 1. The fourth-order valence-corrected chi connectivity index (χ4v) is 1.87. The molecule has 1 aliphatic rings. The molecule has 0 aromatic heterocycles. The first-order valence-corrected chi connectivity index (χ1v) is 8.10. The average Bonchev–Trinajstić information content (AvgIpc) is 2.47. The van der Waals surface area contributed by atoms with Crippen LogP contribution in [0, 0.1) is 0 Å². The second-order valence-corrected chi connectivity index (χ2v) is 4.59. The molecule has 0 bridgehead atoms. The number of hydrogen-bond donors (Lipinski definition) is 1. The molecule has 1 heterocycles. The standard InChI is InChI=1S/C11H15NO.C3H8.2C2H6/c1-8-6-9-4-3-5-11(13)10(9)7-12(8)2;1-3-2;2*1-2/h3-5,8,13H,6-7H2,1-2H3;3H2,1-2H3;2*1-2H3. The smallest absolute Gasteiger partial charge is 0.120 e. The molecule has 1 aromatic rings. The van der Waals surface area contributed by atoms with Crippen LogP contribution in [-0.4, -0.2) is 23.1 Å². The summed E-state index contributed by atoms with van der Waals surface area (Å²) in [6.45, 7) is 15.3. The summed E-state index contributed by atoms with van der Waals surface area (Å²) < 4.78 is 0. The van der Waals surface area contributed by atoms with Crippen molar-refractivity contribution in [2.24, 2.45) is 0 Å². The van der Waals surface area contributed by atoms with Crippen molar-refractivity contribution in [2.75, 3.05) is 7.05 Å². The first-order valence-electron chi connectivity index (χ1n) is 8.10. The summed E-state index contributed by atoms with van der Waals surface area (Å²) in [7, 11) is 2.10. The lowest BCUT2D eigenvalue weighted by atomic mass is 9.95. The average molecular weight is 281 g/mol. The molecule has 1 N–H and O–H groups in total. The fraction of sp³-hybridized carbons (Fsp3) is 0.667. The van der Waals surface area contributed by atoms with Gasteiger partial charge in [0.2, 0.25) is 0 Å². The number of hydrogen-bond acceptors (Lipinski definition) is 2. The molecule has 0 aliphatic carbocycles. The van der Waals surface area contributed by atoms with Crippen LogP contribution < -0.4 is 0 Å². The van der Waals surface area contributed by atoms with Gasteiger partial charge in [0.05, 0.1) is 0 Å². The summed E-state index contributed by atoms with van der Waals surface area (Å²) in [5.74, 6) is 0.441. The van der Waals surface area contributed by atoms with Gasteiger partial charge in [-0.3, -0.25) is 4.90 Å². The maximum atomic E-state index is 9.63. The minimum absolute atomic E-state index is 0.441. The minimum atomic E-state index is 0.441. The number of fused-ring (bicyclic) bond motifs is 1. The second-order valence-electron chi connectivity index (χ2n) is 4.59. The Balaban J connectivity index is 0. The van der Waals surface area contributed by atoms with E-state index in [9.17, 15) is 5.11 Å². The van der Waals surface area contributed by atoms with Crippen LogP contribution in [0.1, 0.15) is 66.0 Å². The van der Waals surface area contributed by atoms with Crippen molar-refractivity contribution in [1.82, 2.24) is 4.90 Å². The summed E-state index contributed by atoms with van der Waals surface area (Å²) in [6.07, 6.45) is 2.29. The van der Waals surface area contributed by atoms with Crippen LogP contribution in [0.15, 0.2) is 18.2 Å². The Morgan fingerprint density at radius 3 is 2.15 bits per heavy atom. The van der Waals surface area contributed by atoms with E-state index in [1.807, 2.05) is 33.8 Å². The van der Waals surface area contributed by atoms with E-state index in [1.165, 1.54) is 12.0 Å². The second kappa shape index (κ2) is 13.0. The molecule has 1 aromatic carbocycles. The van der Waals surface area contributed by atoms with Gasteiger partial charge < -0.3 is 5.11 Å². The van der Waals surface area contributed by atoms with E-state index in [2.05, 4.69) is 38.8 Å². The Labute approximate surface area is 126 Å². The molecule has 1 atom stereocenters. The van der Waals surface area contributed by atoms with Gasteiger partial charge >= 0.3 is 0 Å². The zero-order valence-corrected chi connectivity index (χ0v) is 14.8. The van der Waals surface area contributed by atoms with Gasteiger partial charge in [-0.25, -0.2) is 0 Å². The van der Waals surface area contributed by atoms with Crippen LogP contribution in [0.4, 0.5) is 0 Å². The van der Waals surface area contributed by atoms with Gasteiger partial charge in [-0.05, 0) is 32.0 Å². The number of aromatic hydroxyl groups is 1. The molecule has 0 radical (unpaired) electrons. The van der Waals surface area contributed by atoms with Crippen molar-refractivity contribution in [3.05, 3.63) is 29.3 Å². The third-order valence-corrected chi connectivity index (χ3v) is 2.92. The Bertz CT molecular complexity index is 336. The van der Waals surface area contributed by atoms with E-state index in [4.69, 9.17) is 0 Å². The van der Waals surface area contributed by atoms with Crippen LogP contribution in [-0.2, 0) is 13.0 Å².